The minimum atomic E-state index is 0.0772. The van der Waals surface area contributed by atoms with Crippen molar-refractivity contribution in [3.63, 3.8) is 0 Å². The van der Waals surface area contributed by atoms with Gasteiger partial charge in [0.15, 0.2) is 0 Å². The Bertz CT molecular complexity index is 412. The molecule has 0 fully saturated rings. The van der Waals surface area contributed by atoms with Gasteiger partial charge in [-0.15, -0.1) is 0 Å². The lowest BCUT2D eigenvalue weighted by atomic mass is 10.2. The van der Waals surface area contributed by atoms with Crippen LogP contribution in [0.1, 0.15) is 49.7 Å². The second-order valence-electron chi connectivity index (χ2n) is 5.10. The van der Waals surface area contributed by atoms with Crippen molar-refractivity contribution in [2.24, 2.45) is 5.73 Å². The number of hydrogen-bond donors (Lipinski definition) is 1. The van der Waals surface area contributed by atoms with Gasteiger partial charge in [-0.05, 0) is 40.2 Å². The highest BCUT2D eigenvalue weighted by Gasteiger charge is 2.21. The molecule has 5 heteroatoms. The molecule has 1 heterocycles. The van der Waals surface area contributed by atoms with Gasteiger partial charge in [0.2, 0.25) is 0 Å². The maximum Gasteiger partial charge on any atom is 0.257 e. The Morgan fingerprint density at radius 1 is 1.53 bits per heavy atom. The molecule has 0 atom stereocenters. The average molecular weight is 266 g/mol. The highest BCUT2D eigenvalue weighted by molar-refractivity contribution is 5.95. The molecule has 0 radical (unpaired) electrons. The lowest BCUT2D eigenvalue weighted by Crippen LogP contribution is -2.37. The standard InChI is InChI=1S/C14H26N4O/c1-5-8-17(11(2)3)14(19)13-10-16-18(12(13)4)9-6-7-15/h10-11H,5-9,15H2,1-4H3. The summed E-state index contributed by atoms with van der Waals surface area (Å²) in [6, 6.07) is 0.208. The van der Waals surface area contributed by atoms with Gasteiger partial charge in [-0.1, -0.05) is 6.92 Å². The van der Waals surface area contributed by atoms with E-state index in [-0.39, 0.29) is 11.9 Å². The predicted octanol–water partition coefficient (Wildman–Crippen LogP) is 1.80. The maximum absolute atomic E-state index is 12.5. The molecule has 1 aromatic heterocycles. The fourth-order valence-corrected chi connectivity index (χ4v) is 2.11. The monoisotopic (exact) mass is 266 g/mol. The molecule has 0 aromatic carbocycles. The van der Waals surface area contributed by atoms with Crippen molar-refractivity contribution in [1.82, 2.24) is 14.7 Å². The third-order valence-electron chi connectivity index (χ3n) is 3.26. The van der Waals surface area contributed by atoms with E-state index >= 15 is 0 Å². The van der Waals surface area contributed by atoms with Crippen molar-refractivity contribution in [3.05, 3.63) is 17.5 Å². The van der Waals surface area contributed by atoms with Crippen molar-refractivity contribution in [3.8, 4) is 0 Å². The molecule has 0 unspecified atom stereocenters. The molecule has 1 amide bonds. The van der Waals surface area contributed by atoms with Crippen LogP contribution in [0.15, 0.2) is 6.20 Å². The van der Waals surface area contributed by atoms with Gasteiger partial charge in [-0.25, -0.2) is 0 Å². The van der Waals surface area contributed by atoms with Crippen LogP contribution in [0.25, 0.3) is 0 Å². The van der Waals surface area contributed by atoms with Crippen LogP contribution < -0.4 is 5.73 Å². The van der Waals surface area contributed by atoms with Crippen molar-refractivity contribution in [2.75, 3.05) is 13.1 Å². The van der Waals surface area contributed by atoms with Gasteiger partial charge in [-0.3, -0.25) is 9.48 Å². The van der Waals surface area contributed by atoms with Crippen LogP contribution in [0.3, 0.4) is 0 Å². The van der Waals surface area contributed by atoms with E-state index in [2.05, 4.69) is 12.0 Å². The van der Waals surface area contributed by atoms with E-state index in [4.69, 9.17) is 5.73 Å². The van der Waals surface area contributed by atoms with E-state index in [1.165, 1.54) is 0 Å². The fraction of sp³-hybridized carbons (Fsp3) is 0.714. The minimum Gasteiger partial charge on any atom is -0.336 e. The lowest BCUT2D eigenvalue weighted by Gasteiger charge is -2.26. The van der Waals surface area contributed by atoms with Crippen molar-refractivity contribution >= 4 is 5.91 Å². The highest BCUT2D eigenvalue weighted by atomic mass is 16.2. The smallest absolute Gasteiger partial charge is 0.257 e. The largest absolute Gasteiger partial charge is 0.336 e. The van der Waals surface area contributed by atoms with E-state index in [1.807, 2.05) is 30.4 Å². The second-order valence-corrected chi connectivity index (χ2v) is 5.10. The van der Waals surface area contributed by atoms with Crippen LogP contribution in [0.4, 0.5) is 0 Å². The molecule has 0 aliphatic heterocycles. The minimum absolute atomic E-state index is 0.0772. The molecule has 5 nitrogen and oxygen atoms in total. The van der Waals surface area contributed by atoms with Gasteiger partial charge >= 0.3 is 0 Å². The molecule has 0 aliphatic rings. The Balaban J connectivity index is 2.89. The third-order valence-corrected chi connectivity index (χ3v) is 3.26. The number of hydrogen-bond acceptors (Lipinski definition) is 3. The Morgan fingerprint density at radius 3 is 2.74 bits per heavy atom. The van der Waals surface area contributed by atoms with E-state index in [0.717, 1.165) is 31.6 Å². The van der Waals surface area contributed by atoms with E-state index in [0.29, 0.717) is 12.1 Å². The molecule has 1 aromatic rings. The maximum atomic E-state index is 12.5. The van der Waals surface area contributed by atoms with Crippen LogP contribution in [-0.2, 0) is 6.54 Å². The molecule has 0 bridgehead atoms. The number of carbonyl (C=O) groups is 1. The van der Waals surface area contributed by atoms with Crippen LogP contribution in [0, 0.1) is 6.92 Å². The number of rotatable bonds is 7. The zero-order chi connectivity index (χ0) is 14.4. The van der Waals surface area contributed by atoms with Crippen LogP contribution >= 0.6 is 0 Å². The summed E-state index contributed by atoms with van der Waals surface area (Å²) in [6.07, 6.45) is 3.52. The Hall–Kier alpha value is -1.36. The number of aromatic nitrogens is 2. The van der Waals surface area contributed by atoms with Crippen molar-refractivity contribution in [2.45, 2.75) is 53.1 Å². The zero-order valence-corrected chi connectivity index (χ0v) is 12.5. The number of aryl methyl sites for hydroxylation is 1. The topological polar surface area (TPSA) is 64.2 Å². The number of amides is 1. The summed E-state index contributed by atoms with van der Waals surface area (Å²) in [6.45, 7) is 10.3. The predicted molar refractivity (Wildman–Crippen MR) is 77.1 cm³/mol. The number of carbonyl (C=O) groups excluding carboxylic acids is 1. The summed E-state index contributed by atoms with van der Waals surface area (Å²) in [7, 11) is 0. The summed E-state index contributed by atoms with van der Waals surface area (Å²) in [5, 5.41) is 4.29. The second kappa shape index (κ2) is 7.28. The molecular formula is C14H26N4O. The summed E-state index contributed by atoms with van der Waals surface area (Å²) in [5.74, 6) is 0.0772. The normalized spacial score (nSPS) is 11.1. The zero-order valence-electron chi connectivity index (χ0n) is 12.5. The Labute approximate surface area is 115 Å². The van der Waals surface area contributed by atoms with Crippen molar-refractivity contribution in [1.29, 1.82) is 0 Å². The Morgan fingerprint density at radius 2 is 2.21 bits per heavy atom. The quantitative estimate of drug-likeness (QED) is 0.818. The SMILES string of the molecule is CCCN(C(=O)c1cnn(CCCN)c1C)C(C)C. The first-order valence-corrected chi connectivity index (χ1v) is 7.06. The van der Waals surface area contributed by atoms with E-state index in [9.17, 15) is 4.79 Å². The fourth-order valence-electron chi connectivity index (χ4n) is 2.11. The molecule has 0 saturated heterocycles. The van der Waals surface area contributed by atoms with E-state index in [1.54, 1.807) is 6.20 Å². The van der Waals surface area contributed by atoms with Gasteiger partial charge in [0.1, 0.15) is 0 Å². The molecule has 0 saturated carbocycles. The highest BCUT2D eigenvalue weighted by Crippen LogP contribution is 2.13. The molecule has 0 aliphatic carbocycles. The first-order chi connectivity index (χ1) is 9.02. The summed E-state index contributed by atoms with van der Waals surface area (Å²) in [5.41, 5.74) is 7.14. The van der Waals surface area contributed by atoms with E-state index < -0.39 is 0 Å². The van der Waals surface area contributed by atoms with Crippen LogP contribution in [0.5, 0.6) is 0 Å². The molecule has 2 N–H and O–H groups in total. The summed E-state index contributed by atoms with van der Waals surface area (Å²) < 4.78 is 1.87. The Kier molecular flexibility index (Phi) is 6.02. The van der Waals surface area contributed by atoms with Gasteiger partial charge in [-0.2, -0.15) is 5.10 Å². The molecule has 108 valence electrons. The number of nitrogens with zero attached hydrogens (tertiary/aromatic N) is 3. The first-order valence-electron chi connectivity index (χ1n) is 7.06. The molecular weight excluding hydrogens is 240 g/mol. The molecule has 1 rings (SSSR count). The van der Waals surface area contributed by atoms with Gasteiger partial charge in [0.05, 0.1) is 11.8 Å². The van der Waals surface area contributed by atoms with Gasteiger partial charge in [0.25, 0.3) is 5.91 Å². The number of nitrogens with two attached hydrogens (primary N) is 1. The van der Waals surface area contributed by atoms with Crippen molar-refractivity contribution < 1.29 is 4.79 Å². The van der Waals surface area contributed by atoms with Gasteiger partial charge in [0, 0.05) is 24.8 Å². The molecule has 0 spiro atoms. The average Bonchev–Trinajstić information content (AvgIpc) is 2.73. The third kappa shape index (κ3) is 3.80. The van der Waals surface area contributed by atoms with Crippen LogP contribution in [0.2, 0.25) is 0 Å². The lowest BCUT2D eigenvalue weighted by molar-refractivity contribution is 0.0705. The molecule has 19 heavy (non-hydrogen) atoms. The first kappa shape index (κ1) is 15.7. The van der Waals surface area contributed by atoms with Gasteiger partial charge < -0.3 is 10.6 Å². The summed E-state index contributed by atoms with van der Waals surface area (Å²) >= 11 is 0. The summed E-state index contributed by atoms with van der Waals surface area (Å²) in [4.78, 5) is 14.4. The van der Waals surface area contributed by atoms with Crippen LogP contribution in [-0.4, -0.2) is 39.7 Å².